The van der Waals surface area contributed by atoms with Gasteiger partial charge in [0.05, 0.1) is 16.3 Å². The summed E-state index contributed by atoms with van der Waals surface area (Å²) >= 11 is 11.8. The van der Waals surface area contributed by atoms with E-state index in [1.807, 2.05) is 6.92 Å². The van der Waals surface area contributed by atoms with Crippen molar-refractivity contribution in [3.8, 4) is 5.75 Å². The van der Waals surface area contributed by atoms with Gasteiger partial charge in [-0.3, -0.25) is 0 Å². The van der Waals surface area contributed by atoms with E-state index in [-0.39, 0.29) is 19.0 Å². The maximum atomic E-state index is 5.98. The van der Waals surface area contributed by atoms with Gasteiger partial charge in [0.2, 0.25) is 0 Å². The summed E-state index contributed by atoms with van der Waals surface area (Å²) in [5.74, 6) is 1.34. The van der Waals surface area contributed by atoms with Crippen molar-refractivity contribution in [2.75, 3.05) is 6.61 Å². The molecule has 2 aromatic rings. The van der Waals surface area contributed by atoms with Gasteiger partial charge in [-0.2, -0.15) is 0 Å². The predicted molar refractivity (Wildman–Crippen MR) is 84.3 cm³/mol. The van der Waals surface area contributed by atoms with Crippen molar-refractivity contribution < 1.29 is 14.1 Å². The summed E-state index contributed by atoms with van der Waals surface area (Å²) in [6.45, 7) is 3.90. The molecule has 0 saturated carbocycles. The number of hydrogen-bond donors (Lipinski definition) is 1. The van der Waals surface area contributed by atoms with Crippen LogP contribution < -0.4 is 10.5 Å². The lowest BCUT2D eigenvalue weighted by molar-refractivity contribution is 0.127. The smallest absolute Gasteiger partial charge is 0.177 e. The maximum Gasteiger partial charge on any atom is 0.177 e. The number of halogens is 2. The molecular formula is C14H15Cl2N3O3. The molecule has 22 heavy (non-hydrogen) atoms. The number of rotatable bonds is 6. The van der Waals surface area contributed by atoms with Gasteiger partial charge in [-0.1, -0.05) is 33.5 Å². The van der Waals surface area contributed by atoms with Crippen LogP contribution in [0.3, 0.4) is 0 Å². The Labute approximate surface area is 137 Å². The highest BCUT2D eigenvalue weighted by Gasteiger charge is 2.09. The van der Waals surface area contributed by atoms with Crippen molar-refractivity contribution in [3.63, 3.8) is 0 Å². The number of ether oxygens (including phenoxy) is 1. The number of nitrogens with zero attached hydrogens (tertiary/aromatic N) is 2. The molecule has 2 N–H and O–H groups in total. The Morgan fingerprint density at radius 2 is 2.14 bits per heavy atom. The molecule has 0 atom stereocenters. The third-order valence-corrected chi connectivity index (χ3v) is 3.37. The zero-order chi connectivity index (χ0) is 16.1. The van der Waals surface area contributed by atoms with E-state index in [9.17, 15) is 0 Å². The predicted octanol–water partition coefficient (Wildman–Crippen LogP) is 3.47. The topological polar surface area (TPSA) is 82.9 Å². The lowest BCUT2D eigenvalue weighted by Crippen LogP contribution is -2.21. The van der Waals surface area contributed by atoms with Crippen LogP contribution in [-0.4, -0.2) is 17.6 Å². The normalized spacial score (nSPS) is 11.5. The van der Waals surface area contributed by atoms with Crippen molar-refractivity contribution >= 4 is 29.0 Å². The average Bonchev–Trinajstić information content (AvgIpc) is 2.78. The molecule has 6 nitrogen and oxygen atoms in total. The van der Waals surface area contributed by atoms with E-state index in [0.29, 0.717) is 21.6 Å². The van der Waals surface area contributed by atoms with Crippen molar-refractivity contribution in [2.24, 2.45) is 10.9 Å². The number of nitrogens with two attached hydrogens (primary N) is 1. The Balaban J connectivity index is 1.85. The summed E-state index contributed by atoms with van der Waals surface area (Å²) in [6, 6.07) is 4.91. The fraction of sp³-hybridized carbons (Fsp3) is 0.286. The first kappa shape index (κ1) is 16.5. The second-order valence-electron chi connectivity index (χ2n) is 4.52. The fourth-order valence-electron chi connectivity index (χ4n) is 1.66. The Morgan fingerprint density at radius 1 is 1.36 bits per heavy atom. The van der Waals surface area contributed by atoms with Gasteiger partial charge in [-0.15, -0.1) is 0 Å². The molecule has 0 spiro atoms. The quantitative estimate of drug-likeness (QED) is 0.493. The van der Waals surface area contributed by atoms with Crippen LogP contribution in [0.4, 0.5) is 0 Å². The Morgan fingerprint density at radius 3 is 2.77 bits per heavy atom. The minimum absolute atomic E-state index is 0.0446. The van der Waals surface area contributed by atoms with Gasteiger partial charge in [-0.05, 0) is 32.0 Å². The molecule has 0 fully saturated rings. The van der Waals surface area contributed by atoms with Crippen LogP contribution in [-0.2, 0) is 11.4 Å². The minimum Gasteiger partial charge on any atom is -0.484 e. The lowest BCUT2D eigenvalue weighted by atomic mass is 10.2. The maximum absolute atomic E-state index is 5.98. The molecule has 0 radical (unpaired) electrons. The fourth-order valence-corrected chi connectivity index (χ4v) is 2.12. The Bertz CT molecular complexity index is 666. The first-order valence-corrected chi connectivity index (χ1v) is 7.17. The van der Waals surface area contributed by atoms with Gasteiger partial charge in [-0.25, -0.2) is 0 Å². The van der Waals surface area contributed by atoms with Crippen LogP contribution in [0, 0.1) is 13.8 Å². The number of oxime groups is 1. The molecule has 0 aliphatic rings. The van der Waals surface area contributed by atoms with E-state index in [4.69, 9.17) is 43.0 Å². The zero-order valence-corrected chi connectivity index (χ0v) is 13.6. The highest BCUT2D eigenvalue weighted by atomic mass is 35.5. The monoisotopic (exact) mass is 343 g/mol. The molecule has 0 saturated heterocycles. The summed E-state index contributed by atoms with van der Waals surface area (Å²) in [7, 11) is 0. The van der Waals surface area contributed by atoms with E-state index < -0.39 is 0 Å². The van der Waals surface area contributed by atoms with Gasteiger partial charge in [0, 0.05) is 5.02 Å². The summed E-state index contributed by atoms with van der Waals surface area (Å²) in [4.78, 5) is 5.17. The molecule has 1 aromatic heterocycles. The van der Waals surface area contributed by atoms with Crippen LogP contribution in [0.2, 0.25) is 10.0 Å². The molecule has 1 heterocycles. The van der Waals surface area contributed by atoms with E-state index in [2.05, 4.69) is 10.3 Å². The van der Waals surface area contributed by atoms with Crippen LogP contribution >= 0.6 is 23.2 Å². The van der Waals surface area contributed by atoms with Crippen LogP contribution in [0.5, 0.6) is 5.75 Å². The first-order chi connectivity index (χ1) is 10.5. The van der Waals surface area contributed by atoms with Crippen molar-refractivity contribution in [2.45, 2.75) is 20.5 Å². The van der Waals surface area contributed by atoms with Gasteiger partial charge in [0.15, 0.2) is 5.84 Å². The van der Waals surface area contributed by atoms with Crippen molar-refractivity contribution in [1.29, 1.82) is 0 Å². The third kappa shape index (κ3) is 4.29. The van der Waals surface area contributed by atoms with E-state index in [1.165, 1.54) is 0 Å². The highest BCUT2D eigenvalue weighted by Crippen LogP contribution is 2.27. The molecule has 1 aromatic carbocycles. The number of hydrogen-bond acceptors (Lipinski definition) is 5. The van der Waals surface area contributed by atoms with Gasteiger partial charge in [0.1, 0.15) is 24.7 Å². The molecule has 118 valence electrons. The molecule has 0 bridgehead atoms. The van der Waals surface area contributed by atoms with Crippen LogP contribution in [0.1, 0.15) is 17.0 Å². The van der Waals surface area contributed by atoms with Crippen molar-refractivity contribution in [3.05, 3.63) is 45.3 Å². The minimum atomic E-state index is 0.0446. The van der Waals surface area contributed by atoms with Crippen LogP contribution in [0.15, 0.2) is 27.9 Å². The number of aryl methyl sites for hydroxylation is 2. The summed E-state index contributed by atoms with van der Waals surface area (Å²) in [5, 5.41) is 8.53. The SMILES string of the molecule is Cc1noc(C)c1CO/N=C(\N)COc1ccc(Cl)cc1Cl. The third-order valence-electron chi connectivity index (χ3n) is 2.84. The Hall–Kier alpha value is -1.92. The summed E-state index contributed by atoms with van der Waals surface area (Å²) < 4.78 is 10.5. The Kier molecular flexibility index (Phi) is 5.51. The zero-order valence-electron chi connectivity index (χ0n) is 12.1. The molecule has 0 aliphatic heterocycles. The van der Waals surface area contributed by atoms with Gasteiger partial charge < -0.3 is 19.8 Å². The van der Waals surface area contributed by atoms with Crippen LogP contribution in [0.25, 0.3) is 0 Å². The molecule has 0 amide bonds. The van der Waals surface area contributed by atoms with E-state index in [0.717, 1.165) is 11.3 Å². The largest absolute Gasteiger partial charge is 0.484 e. The number of amidine groups is 1. The van der Waals surface area contributed by atoms with E-state index >= 15 is 0 Å². The molecular weight excluding hydrogens is 329 g/mol. The number of aromatic nitrogens is 1. The van der Waals surface area contributed by atoms with Crippen molar-refractivity contribution in [1.82, 2.24) is 5.16 Å². The lowest BCUT2D eigenvalue weighted by Gasteiger charge is -2.07. The molecule has 0 aliphatic carbocycles. The molecule has 2 rings (SSSR count). The van der Waals surface area contributed by atoms with Gasteiger partial charge in [0.25, 0.3) is 0 Å². The molecule has 8 heteroatoms. The first-order valence-electron chi connectivity index (χ1n) is 6.41. The van der Waals surface area contributed by atoms with Gasteiger partial charge >= 0.3 is 0 Å². The summed E-state index contributed by atoms with van der Waals surface area (Å²) in [6.07, 6.45) is 0. The second-order valence-corrected chi connectivity index (χ2v) is 5.37. The molecule has 0 unspecified atom stereocenters. The highest BCUT2D eigenvalue weighted by molar-refractivity contribution is 6.35. The summed E-state index contributed by atoms with van der Waals surface area (Å²) in [5.41, 5.74) is 7.31. The number of benzene rings is 1. The van der Waals surface area contributed by atoms with E-state index in [1.54, 1.807) is 25.1 Å². The average molecular weight is 344 g/mol. The standard InChI is InChI=1S/C14H15Cl2N3O3/c1-8-11(9(2)22-18-8)6-21-19-14(17)7-20-13-4-3-10(15)5-12(13)16/h3-5H,6-7H2,1-2H3,(H2,17,19). The second kappa shape index (κ2) is 7.38.